The van der Waals surface area contributed by atoms with Crippen molar-refractivity contribution in [1.29, 1.82) is 0 Å². The first kappa shape index (κ1) is 10.1. The highest BCUT2D eigenvalue weighted by atomic mass is 32.1. The van der Waals surface area contributed by atoms with Gasteiger partial charge in [0.15, 0.2) is 0 Å². The van der Waals surface area contributed by atoms with Gasteiger partial charge < -0.3 is 0 Å². The van der Waals surface area contributed by atoms with Crippen LogP contribution in [-0.2, 0) is 0 Å². The second-order valence-corrected chi connectivity index (χ2v) is 3.16. The van der Waals surface area contributed by atoms with Crippen LogP contribution in [-0.4, -0.2) is 5.04 Å². The van der Waals surface area contributed by atoms with Gasteiger partial charge in [0.1, 0.15) is 5.04 Å². The van der Waals surface area contributed by atoms with Gasteiger partial charge in [-0.3, -0.25) is 0 Å². The summed E-state index contributed by atoms with van der Waals surface area (Å²) in [5.74, 6) is 0. The molecule has 1 rings (SSSR count). The van der Waals surface area contributed by atoms with Gasteiger partial charge in [0.2, 0.25) is 0 Å². The number of rotatable bonds is 2. The molecule has 0 aliphatic heterocycles. The smallest absolute Gasteiger partial charge is 0.100 e. The molecule has 1 aromatic rings. The fourth-order valence-electron chi connectivity index (χ4n) is 0.883. The molecular weight excluding hydrogens is 178 g/mol. The number of aliphatic imine (C=N–C) groups is 1. The van der Waals surface area contributed by atoms with Crippen LogP contribution in [0.25, 0.3) is 0 Å². The summed E-state index contributed by atoms with van der Waals surface area (Å²) < 4.78 is 0. The molecule has 0 atom stereocenters. The normalized spacial score (nSPS) is 13.2. The molecule has 0 saturated heterocycles. The van der Waals surface area contributed by atoms with E-state index in [1.165, 1.54) is 0 Å². The van der Waals surface area contributed by atoms with Gasteiger partial charge in [-0.25, -0.2) is 4.99 Å². The minimum absolute atomic E-state index is 0.760. The molecule has 68 valence electrons. The predicted molar refractivity (Wildman–Crippen MR) is 61.4 cm³/mol. The van der Waals surface area contributed by atoms with Crippen molar-refractivity contribution in [2.45, 2.75) is 13.8 Å². The monoisotopic (exact) mass is 191 g/mol. The highest BCUT2D eigenvalue weighted by Crippen LogP contribution is 2.07. The molecule has 13 heavy (non-hydrogen) atoms. The molecule has 2 heteroatoms. The Bertz CT molecular complexity index is 325. The van der Waals surface area contributed by atoms with E-state index in [1.54, 1.807) is 0 Å². The maximum atomic E-state index is 4.32. The van der Waals surface area contributed by atoms with Crippen molar-refractivity contribution in [2.75, 3.05) is 0 Å². The molecule has 0 saturated carbocycles. The first-order chi connectivity index (χ1) is 6.24. The van der Waals surface area contributed by atoms with E-state index in [0.717, 1.165) is 16.3 Å². The van der Waals surface area contributed by atoms with Crippen LogP contribution in [0.4, 0.5) is 0 Å². The summed E-state index contributed by atoms with van der Waals surface area (Å²) in [6.07, 6.45) is 1.96. The molecule has 0 aromatic heterocycles. The van der Waals surface area contributed by atoms with Crippen LogP contribution < -0.4 is 0 Å². The largest absolute Gasteiger partial charge is 0.247 e. The van der Waals surface area contributed by atoms with Crippen molar-refractivity contribution < 1.29 is 0 Å². The molecule has 1 aromatic carbocycles. The van der Waals surface area contributed by atoms with Gasteiger partial charge in [0.25, 0.3) is 0 Å². The molecule has 0 spiro atoms. The lowest BCUT2D eigenvalue weighted by molar-refractivity contribution is 1.29. The Morgan fingerprint density at radius 2 is 1.92 bits per heavy atom. The summed E-state index contributed by atoms with van der Waals surface area (Å²) in [4.78, 5) is 4.31. The van der Waals surface area contributed by atoms with Crippen molar-refractivity contribution >= 4 is 17.7 Å². The van der Waals surface area contributed by atoms with E-state index in [9.17, 15) is 0 Å². The maximum Gasteiger partial charge on any atom is 0.100 e. The Balaban J connectivity index is 2.92. The van der Waals surface area contributed by atoms with E-state index in [0.29, 0.717) is 0 Å². The molecule has 0 heterocycles. The van der Waals surface area contributed by atoms with Crippen LogP contribution in [0.1, 0.15) is 19.4 Å². The lowest BCUT2D eigenvalue weighted by Crippen LogP contribution is -1.90. The van der Waals surface area contributed by atoms with Crippen LogP contribution in [0, 0.1) is 0 Å². The summed E-state index contributed by atoms with van der Waals surface area (Å²) in [5.41, 5.74) is 2.03. The molecule has 0 radical (unpaired) electrons. The zero-order valence-electron chi connectivity index (χ0n) is 7.86. The van der Waals surface area contributed by atoms with E-state index in [1.807, 2.05) is 50.3 Å². The number of benzene rings is 1. The Morgan fingerprint density at radius 3 is 2.46 bits per heavy atom. The van der Waals surface area contributed by atoms with Crippen LogP contribution in [0.5, 0.6) is 0 Å². The lowest BCUT2D eigenvalue weighted by Gasteiger charge is -1.98. The topological polar surface area (TPSA) is 12.4 Å². The van der Waals surface area contributed by atoms with Gasteiger partial charge in [-0.05, 0) is 13.8 Å². The summed E-state index contributed by atoms with van der Waals surface area (Å²) in [6.45, 7) is 3.92. The highest BCUT2D eigenvalue weighted by Gasteiger charge is 1.95. The van der Waals surface area contributed by atoms with Gasteiger partial charge >= 0.3 is 0 Å². The van der Waals surface area contributed by atoms with Gasteiger partial charge in [-0.15, -0.1) is 12.6 Å². The molecule has 1 nitrogen and oxygen atoms in total. The number of allylic oxidation sites excluding steroid dienone is 2. The third-order valence-corrected chi connectivity index (χ3v) is 2.09. The third kappa shape index (κ3) is 3.07. The van der Waals surface area contributed by atoms with Gasteiger partial charge in [-0.2, -0.15) is 0 Å². The highest BCUT2D eigenvalue weighted by molar-refractivity contribution is 7.97. The van der Waals surface area contributed by atoms with Crippen molar-refractivity contribution in [3.8, 4) is 0 Å². The van der Waals surface area contributed by atoms with Crippen LogP contribution >= 0.6 is 12.6 Å². The van der Waals surface area contributed by atoms with E-state index in [-0.39, 0.29) is 0 Å². The van der Waals surface area contributed by atoms with Gasteiger partial charge in [0.05, 0.1) is 0 Å². The number of hydrogen-bond donors (Lipinski definition) is 1. The first-order valence-electron chi connectivity index (χ1n) is 4.20. The summed E-state index contributed by atoms with van der Waals surface area (Å²) >= 11 is 4.32. The number of nitrogens with zero attached hydrogens (tertiary/aromatic N) is 1. The van der Waals surface area contributed by atoms with Crippen molar-refractivity contribution in [3.63, 3.8) is 0 Å². The molecule has 0 N–H and O–H groups in total. The average Bonchev–Trinajstić information content (AvgIpc) is 2.19. The second-order valence-electron chi connectivity index (χ2n) is 2.73. The fourth-order valence-corrected chi connectivity index (χ4v) is 1.19. The van der Waals surface area contributed by atoms with Crippen molar-refractivity contribution in [1.82, 2.24) is 0 Å². The molecule has 0 unspecified atom stereocenters. The first-order valence-corrected chi connectivity index (χ1v) is 4.64. The van der Waals surface area contributed by atoms with Crippen LogP contribution in [0.2, 0.25) is 0 Å². The fraction of sp³-hybridized carbons (Fsp3) is 0.182. The lowest BCUT2D eigenvalue weighted by atomic mass is 10.2. The summed E-state index contributed by atoms with van der Waals surface area (Å²) in [7, 11) is 0. The molecule has 0 fully saturated rings. The standard InChI is InChI=1S/C11H13NS/c1-3-9(2)12-11(13)10-7-5-4-6-8-10/h3-8H,1-2H3,(H,12,13)/b9-3+. The zero-order chi connectivity index (χ0) is 9.68. The number of thiol groups is 1. The van der Waals surface area contributed by atoms with E-state index < -0.39 is 0 Å². The van der Waals surface area contributed by atoms with Crippen molar-refractivity contribution in [2.24, 2.45) is 4.99 Å². The predicted octanol–water partition coefficient (Wildman–Crippen LogP) is 3.29. The third-order valence-electron chi connectivity index (χ3n) is 1.73. The molecule has 0 amide bonds. The minimum Gasteiger partial charge on any atom is -0.247 e. The SMILES string of the molecule is C/C=C(C)/N=C(\S)c1ccccc1. The number of hydrogen-bond acceptors (Lipinski definition) is 1. The van der Waals surface area contributed by atoms with Gasteiger partial charge in [0, 0.05) is 11.3 Å². The maximum absolute atomic E-state index is 4.32. The zero-order valence-corrected chi connectivity index (χ0v) is 8.75. The Kier molecular flexibility index (Phi) is 3.77. The Morgan fingerprint density at radius 1 is 1.31 bits per heavy atom. The molecule has 0 aliphatic rings. The quantitative estimate of drug-likeness (QED) is 0.418. The molecule has 0 bridgehead atoms. The average molecular weight is 191 g/mol. The Hall–Kier alpha value is -1.02. The van der Waals surface area contributed by atoms with Crippen LogP contribution in [0.15, 0.2) is 47.1 Å². The Labute approximate surface area is 84.6 Å². The summed E-state index contributed by atoms with van der Waals surface area (Å²) in [6, 6.07) is 9.93. The van der Waals surface area contributed by atoms with Crippen LogP contribution in [0.3, 0.4) is 0 Å². The molecule has 0 aliphatic carbocycles. The summed E-state index contributed by atoms with van der Waals surface area (Å²) in [5, 5.41) is 0.760. The molecular formula is C11H13NS. The van der Waals surface area contributed by atoms with E-state index >= 15 is 0 Å². The van der Waals surface area contributed by atoms with Gasteiger partial charge in [-0.1, -0.05) is 36.4 Å². The van der Waals surface area contributed by atoms with E-state index in [2.05, 4.69) is 17.6 Å². The van der Waals surface area contributed by atoms with E-state index in [4.69, 9.17) is 0 Å². The minimum atomic E-state index is 0.760. The second kappa shape index (κ2) is 4.87. The van der Waals surface area contributed by atoms with Crippen molar-refractivity contribution in [3.05, 3.63) is 47.7 Å².